The predicted octanol–water partition coefficient (Wildman–Crippen LogP) is 1.56. The van der Waals surface area contributed by atoms with E-state index in [2.05, 4.69) is 5.32 Å². The number of unbranched alkanes of at least 4 members (excludes halogenated alkanes) is 1. The zero-order valence-electron chi connectivity index (χ0n) is 10.6. The molecule has 0 spiro atoms. The second-order valence-corrected chi connectivity index (χ2v) is 6.41. The Balaban J connectivity index is 2.65. The van der Waals surface area contributed by atoms with E-state index in [4.69, 9.17) is 5.73 Å². The number of halogens is 1. The molecule has 1 amide bonds. The molecule has 0 saturated carbocycles. The van der Waals surface area contributed by atoms with Gasteiger partial charge in [0.1, 0.15) is 11.6 Å². The molecule has 0 bridgehead atoms. The first kappa shape index (κ1) is 15.4. The van der Waals surface area contributed by atoms with Gasteiger partial charge in [-0.05, 0) is 24.6 Å². The maximum Gasteiger partial charge on any atom is 0.239 e. The standard InChI is InChI=1S/C12H17FN2O3S/c1-2-3-6-19(17,18)8-12(16)15-11-5-4-9(13)7-10(11)14/h4-5,7H,2-3,6,8,14H2,1H3,(H,15,16). The SMILES string of the molecule is CCCCS(=O)(=O)CC(=O)Nc1ccc(F)cc1N. The van der Waals surface area contributed by atoms with Gasteiger partial charge in [0.25, 0.3) is 0 Å². The van der Waals surface area contributed by atoms with Crippen LogP contribution in [0.2, 0.25) is 0 Å². The Morgan fingerprint density at radius 2 is 2.11 bits per heavy atom. The molecule has 1 aromatic rings. The fourth-order valence-electron chi connectivity index (χ4n) is 1.47. The van der Waals surface area contributed by atoms with E-state index in [-0.39, 0.29) is 17.1 Å². The summed E-state index contributed by atoms with van der Waals surface area (Å²) >= 11 is 0. The van der Waals surface area contributed by atoms with Crippen LogP contribution in [0.25, 0.3) is 0 Å². The van der Waals surface area contributed by atoms with Crippen LogP contribution in [-0.4, -0.2) is 25.8 Å². The topological polar surface area (TPSA) is 89.3 Å². The lowest BCUT2D eigenvalue weighted by Crippen LogP contribution is -2.25. The van der Waals surface area contributed by atoms with Crippen molar-refractivity contribution in [2.24, 2.45) is 0 Å². The highest BCUT2D eigenvalue weighted by Gasteiger charge is 2.16. The van der Waals surface area contributed by atoms with E-state index in [1.807, 2.05) is 6.92 Å². The Morgan fingerprint density at radius 3 is 2.68 bits per heavy atom. The number of nitrogen functional groups attached to an aromatic ring is 1. The summed E-state index contributed by atoms with van der Waals surface area (Å²) in [6.07, 6.45) is 1.26. The van der Waals surface area contributed by atoms with Crippen LogP contribution < -0.4 is 11.1 Å². The third-order valence-corrected chi connectivity index (χ3v) is 4.06. The number of rotatable bonds is 6. The van der Waals surface area contributed by atoms with Gasteiger partial charge in [0.05, 0.1) is 17.1 Å². The number of nitrogens with two attached hydrogens (primary N) is 1. The average Bonchev–Trinajstić information content (AvgIpc) is 2.29. The molecule has 0 fully saturated rings. The van der Waals surface area contributed by atoms with E-state index in [1.165, 1.54) is 6.07 Å². The van der Waals surface area contributed by atoms with Gasteiger partial charge in [0.2, 0.25) is 5.91 Å². The zero-order valence-corrected chi connectivity index (χ0v) is 11.5. The molecule has 1 aromatic carbocycles. The summed E-state index contributed by atoms with van der Waals surface area (Å²) in [5, 5.41) is 2.36. The van der Waals surface area contributed by atoms with E-state index in [0.29, 0.717) is 6.42 Å². The van der Waals surface area contributed by atoms with Crippen molar-refractivity contribution in [3.63, 3.8) is 0 Å². The molecule has 7 heteroatoms. The summed E-state index contributed by atoms with van der Waals surface area (Å²) in [5.41, 5.74) is 5.77. The minimum atomic E-state index is -3.41. The summed E-state index contributed by atoms with van der Waals surface area (Å²) in [4.78, 5) is 11.6. The molecule has 1 rings (SSSR count). The first-order valence-corrected chi connectivity index (χ1v) is 7.71. The number of anilines is 2. The minimum Gasteiger partial charge on any atom is -0.397 e. The Morgan fingerprint density at radius 1 is 1.42 bits per heavy atom. The zero-order chi connectivity index (χ0) is 14.5. The van der Waals surface area contributed by atoms with Gasteiger partial charge in [-0.2, -0.15) is 0 Å². The highest BCUT2D eigenvalue weighted by atomic mass is 32.2. The fraction of sp³-hybridized carbons (Fsp3) is 0.417. The maximum absolute atomic E-state index is 12.8. The van der Waals surface area contributed by atoms with E-state index in [9.17, 15) is 17.6 Å². The molecule has 0 aliphatic heterocycles. The lowest BCUT2D eigenvalue weighted by Gasteiger charge is -2.08. The van der Waals surface area contributed by atoms with Gasteiger partial charge in [-0.3, -0.25) is 4.79 Å². The van der Waals surface area contributed by atoms with Crippen molar-refractivity contribution in [3.05, 3.63) is 24.0 Å². The van der Waals surface area contributed by atoms with Gasteiger partial charge < -0.3 is 11.1 Å². The summed E-state index contributed by atoms with van der Waals surface area (Å²) in [5.74, 6) is -1.81. The van der Waals surface area contributed by atoms with Crippen molar-refractivity contribution < 1.29 is 17.6 Å². The van der Waals surface area contributed by atoms with Gasteiger partial charge >= 0.3 is 0 Å². The number of nitrogens with one attached hydrogen (secondary N) is 1. The number of sulfone groups is 1. The molecular formula is C12H17FN2O3S. The third-order valence-electron chi connectivity index (χ3n) is 2.45. The Hall–Kier alpha value is -1.63. The van der Waals surface area contributed by atoms with Crippen LogP contribution in [0, 0.1) is 5.82 Å². The fourth-order valence-corrected chi connectivity index (χ4v) is 2.81. The van der Waals surface area contributed by atoms with E-state index >= 15 is 0 Å². The van der Waals surface area contributed by atoms with Crippen LogP contribution in [0.1, 0.15) is 19.8 Å². The third kappa shape index (κ3) is 5.25. The number of hydrogen-bond donors (Lipinski definition) is 2. The van der Waals surface area contributed by atoms with Crippen LogP contribution in [0.5, 0.6) is 0 Å². The molecule has 0 atom stereocenters. The highest BCUT2D eigenvalue weighted by molar-refractivity contribution is 7.92. The number of carbonyl (C=O) groups excluding carboxylic acids is 1. The van der Waals surface area contributed by atoms with Gasteiger partial charge in [0.15, 0.2) is 9.84 Å². The quantitative estimate of drug-likeness (QED) is 0.777. The predicted molar refractivity (Wildman–Crippen MR) is 73.0 cm³/mol. The first-order valence-electron chi connectivity index (χ1n) is 5.89. The molecule has 19 heavy (non-hydrogen) atoms. The molecule has 0 aromatic heterocycles. The Kier molecular flexibility index (Phi) is 5.29. The van der Waals surface area contributed by atoms with Gasteiger partial charge in [-0.25, -0.2) is 12.8 Å². The molecule has 5 nitrogen and oxygen atoms in total. The summed E-state index contributed by atoms with van der Waals surface area (Å²) in [6.45, 7) is 1.87. The van der Waals surface area contributed by atoms with Crippen molar-refractivity contribution in [2.75, 3.05) is 22.6 Å². The molecular weight excluding hydrogens is 271 g/mol. The maximum atomic E-state index is 12.8. The average molecular weight is 288 g/mol. The Labute approximate surface area is 111 Å². The molecule has 3 N–H and O–H groups in total. The van der Waals surface area contributed by atoms with Crippen molar-refractivity contribution in [3.8, 4) is 0 Å². The lowest BCUT2D eigenvalue weighted by molar-refractivity contribution is -0.113. The van der Waals surface area contributed by atoms with Crippen molar-refractivity contribution in [1.29, 1.82) is 0 Å². The van der Waals surface area contributed by atoms with Crippen molar-refractivity contribution in [2.45, 2.75) is 19.8 Å². The normalized spacial score (nSPS) is 11.3. The largest absolute Gasteiger partial charge is 0.397 e. The molecule has 0 saturated heterocycles. The van der Waals surface area contributed by atoms with Crippen LogP contribution in [0.4, 0.5) is 15.8 Å². The molecule has 106 valence electrons. The van der Waals surface area contributed by atoms with Gasteiger partial charge in [-0.15, -0.1) is 0 Å². The molecule has 0 aliphatic rings. The summed E-state index contributed by atoms with van der Waals surface area (Å²) < 4.78 is 36.0. The van der Waals surface area contributed by atoms with E-state index < -0.39 is 27.3 Å². The second kappa shape index (κ2) is 6.51. The molecule has 0 heterocycles. The number of amides is 1. The highest BCUT2D eigenvalue weighted by Crippen LogP contribution is 2.19. The van der Waals surface area contributed by atoms with Crippen molar-refractivity contribution >= 4 is 27.1 Å². The molecule has 0 aliphatic carbocycles. The summed E-state index contributed by atoms with van der Waals surface area (Å²) in [6, 6.07) is 3.49. The Bertz CT molecular complexity index is 558. The van der Waals surface area contributed by atoms with Gasteiger partial charge in [-0.1, -0.05) is 13.3 Å². The number of hydrogen-bond acceptors (Lipinski definition) is 4. The number of benzene rings is 1. The monoisotopic (exact) mass is 288 g/mol. The molecule has 0 unspecified atom stereocenters. The van der Waals surface area contributed by atoms with Crippen molar-refractivity contribution in [1.82, 2.24) is 0 Å². The summed E-state index contributed by atoms with van der Waals surface area (Å²) in [7, 11) is -3.41. The van der Waals surface area contributed by atoms with Crippen LogP contribution >= 0.6 is 0 Å². The second-order valence-electron chi connectivity index (χ2n) is 4.23. The smallest absolute Gasteiger partial charge is 0.239 e. The van der Waals surface area contributed by atoms with Gasteiger partial charge in [0, 0.05) is 0 Å². The van der Waals surface area contributed by atoms with E-state index in [1.54, 1.807) is 0 Å². The lowest BCUT2D eigenvalue weighted by atomic mass is 10.2. The molecule has 0 radical (unpaired) electrons. The van der Waals surface area contributed by atoms with Crippen LogP contribution in [-0.2, 0) is 14.6 Å². The number of carbonyl (C=O) groups is 1. The first-order chi connectivity index (χ1) is 8.84. The minimum absolute atomic E-state index is 0.0180. The van der Waals surface area contributed by atoms with E-state index in [0.717, 1.165) is 18.6 Å². The van der Waals surface area contributed by atoms with Crippen LogP contribution in [0.15, 0.2) is 18.2 Å². The van der Waals surface area contributed by atoms with Crippen LogP contribution in [0.3, 0.4) is 0 Å².